The second kappa shape index (κ2) is 13.0. The number of benzene rings is 3. The Kier molecular flexibility index (Phi) is 9.22. The Morgan fingerprint density at radius 1 is 1.03 bits per heavy atom. The highest BCUT2D eigenvalue weighted by atomic mass is 32.2. The van der Waals surface area contributed by atoms with E-state index in [9.17, 15) is 4.79 Å². The molecule has 0 aliphatic heterocycles. The van der Waals surface area contributed by atoms with Crippen LogP contribution in [0.1, 0.15) is 30.8 Å². The Hall–Kier alpha value is -4.31. The molecule has 1 amide bonds. The number of ether oxygens (including phenoxy) is 2. The summed E-state index contributed by atoms with van der Waals surface area (Å²) in [5.74, 6) is 1.76. The van der Waals surface area contributed by atoms with Crippen LogP contribution in [0, 0.1) is 6.92 Å². The van der Waals surface area contributed by atoms with Gasteiger partial charge in [0.2, 0.25) is 0 Å². The zero-order valence-electron chi connectivity index (χ0n) is 22.6. The molecule has 4 aromatic rings. The van der Waals surface area contributed by atoms with Crippen LogP contribution in [0.3, 0.4) is 0 Å². The van der Waals surface area contributed by atoms with Crippen LogP contribution < -0.4 is 20.2 Å². The number of carbonyl (C=O) groups excluding carboxylic acids is 1. The van der Waals surface area contributed by atoms with Crippen molar-refractivity contribution >= 4 is 29.1 Å². The lowest BCUT2D eigenvalue weighted by Crippen LogP contribution is -2.28. The Morgan fingerprint density at radius 2 is 1.77 bits per heavy atom. The number of para-hydroxylation sites is 1. The largest absolute Gasteiger partial charge is 0.497 e. The summed E-state index contributed by atoms with van der Waals surface area (Å²) in [4.78, 5) is 13.0. The minimum Gasteiger partial charge on any atom is -0.497 e. The molecule has 1 atom stereocenters. The fraction of sp³-hybridized carbons (Fsp3) is 0.241. The van der Waals surface area contributed by atoms with Gasteiger partial charge in [-0.05, 0) is 57.2 Å². The van der Waals surface area contributed by atoms with Crippen molar-refractivity contribution in [3.8, 4) is 17.2 Å². The Labute approximate surface area is 232 Å². The predicted octanol–water partition coefficient (Wildman–Crippen LogP) is 5.23. The van der Waals surface area contributed by atoms with Gasteiger partial charge in [0.1, 0.15) is 11.5 Å². The third-order valence-electron chi connectivity index (χ3n) is 6.00. The third-order valence-corrected chi connectivity index (χ3v) is 7.04. The van der Waals surface area contributed by atoms with Gasteiger partial charge in [0, 0.05) is 23.0 Å². The number of nitrogens with one attached hydrogen (secondary N) is 2. The number of methoxy groups -OCH3 is 2. The number of aromatic nitrogens is 3. The second-order valence-corrected chi connectivity index (χ2v) is 10.1. The number of thioether (sulfide) groups is 1. The lowest BCUT2D eigenvalue weighted by atomic mass is 10.1. The van der Waals surface area contributed by atoms with Crippen molar-refractivity contribution in [1.29, 1.82) is 0 Å². The molecular weight excluding hydrogens is 512 g/mol. The summed E-state index contributed by atoms with van der Waals surface area (Å²) in [5, 5.41) is 16.7. The molecule has 0 saturated carbocycles. The predicted molar refractivity (Wildman–Crippen MR) is 155 cm³/mol. The number of hydrogen-bond donors (Lipinski definition) is 2. The first-order valence-electron chi connectivity index (χ1n) is 12.4. The van der Waals surface area contributed by atoms with E-state index in [1.807, 2.05) is 73.0 Å². The molecule has 3 aromatic carbocycles. The number of hydrazone groups is 1. The van der Waals surface area contributed by atoms with E-state index in [1.165, 1.54) is 17.3 Å². The Balaban J connectivity index is 1.49. The number of rotatable bonds is 11. The molecule has 0 unspecified atom stereocenters. The molecule has 0 fully saturated rings. The zero-order chi connectivity index (χ0) is 27.8. The van der Waals surface area contributed by atoms with E-state index in [0.717, 1.165) is 22.8 Å². The van der Waals surface area contributed by atoms with Crippen LogP contribution in [-0.4, -0.2) is 45.9 Å². The fourth-order valence-electron chi connectivity index (χ4n) is 3.78. The van der Waals surface area contributed by atoms with E-state index < -0.39 is 5.25 Å². The van der Waals surface area contributed by atoms with E-state index in [2.05, 4.69) is 45.1 Å². The summed E-state index contributed by atoms with van der Waals surface area (Å²) in [6.07, 6.45) is 0. The topological polar surface area (TPSA) is 103 Å². The summed E-state index contributed by atoms with van der Waals surface area (Å²) in [7, 11) is 3.17. The smallest absolute Gasteiger partial charge is 0.253 e. The molecule has 9 nitrogen and oxygen atoms in total. The van der Waals surface area contributed by atoms with Gasteiger partial charge >= 0.3 is 0 Å². The molecule has 1 heterocycles. The molecule has 0 radical (unpaired) electrons. The first kappa shape index (κ1) is 27.7. The van der Waals surface area contributed by atoms with Crippen LogP contribution in [0.5, 0.6) is 11.5 Å². The van der Waals surface area contributed by atoms with Crippen molar-refractivity contribution < 1.29 is 14.3 Å². The van der Waals surface area contributed by atoms with E-state index in [-0.39, 0.29) is 5.91 Å². The highest BCUT2D eigenvalue weighted by Crippen LogP contribution is 2.27. The van der Waals surface area contributed by atoms with Gasteiger partial charge in [-0.3, -0.25) is 9.36 Å². The molecule has 4 rings (SSSR count). The summed E-state index contributed by atoms with van der Waals surface area (Å²) in [5.41, 5.74) is 7.14. The lowest BCUT2D eigenvalue weighted by molar-refractivity contribution is -0.120. The lowest BCUT2D eigenvalue weighted by Gasteiger charge is -2.14. The molecule has 10 heteroatoms. The SMILES string of the molecule is COc1ccc(/C(C)=N/NC(=O)[C@@H](C)Sc2nnc(CNc3ccc(C)cc3)n2-c2ccccc2)c(OC)c1. The molecule has 0 bridgehead atoms. The van der Waals surface area contributed by atoms with Gasteiger partial charge < -0.3 is 14.8 Å². The van der Waals surface area contributed by atoms with Crippen LogP contribution in [0.2, 0.25) is 0 Å². The molecule has 1 aromatic heterocycles. The van der Waals surface area contributed by atoms with Gasteiger partial charge in [-0.2, -0.15) is 5.10 Å². The maximum atomic E-state index is 13.0. The normalized spacial score (nSPS) is 12.1. The standard InChI is InChI=1S/C29H32N6O3S/c1-19-11-13-22(14-12-19)30-18-27-32-34-29(35(27)23-9-7-6-8-10-23)39-21(3)28(36)33-31-20(2)25-16-15-24(37-4)17-26(25)38-5/h6-17,21,30H,18H2,1-5H3,(H,33,36)/b31-20+/t21-/m1/s1. The van der Waals surface area contributed by atoms with Crippen molar-refractivity contribution in [1.82, 2.24) is 20.2 Å². The van der Waals surface area contributed by atoms with E-state index in [1.54, 1.807) is 20.3 Å². The number of aryl methyl sites for hydroxylation is 1. The van der Waals surface area contributed by atoms with Crippen molar-refractivity contribution in [3.05, 3.63) is 89.7 Å². The van der Waals surface area contributed by atoms with Gasteiger partial charge in [-0.15, -0.1) is 10.2 Å². The van der Waals surface area contributed by atoms with Gasteiger partial charge in [0.15, 0.2) is 11.0 Å². The molecule has 0 spiro atoms. The van der Waals surface area contributed by atoms with Crippen LogP contribution in [0.15, 0.2) is 83.1 Å². The zero-order valence-corrected chi connectivity index (χ0v) is 23.5. The van der Waals surface area contributed by atoms with Crippen molar-refractivity contribution in [2.24, 2.45) is 5.10 Å². The maximum absolute atomic E-state index is 13.0. The quantitative estimate of drug-likeness (QED) is 0.151. The van der Waals surface area contributed by atoms with Crippen molar-refractivity contribution in [2.75, 3.05) is 19.5 Å². The van der Waals surface area contributed by atoms with Gasteiger partial charge in [-0.25, -0.2) is 5.43 Å². The van der Waals surface area contributed by atoms with E-state index in [0.29, 0.717) is 28.9 Å². The second-order valence-electron chi connectivity index (χ2n) is 8.79. The van der Waals surface area contributed by atoms with Crippen LogP contribution >= 0.6 is 11.8 Å². The first-order chi connectivity index (χ1) is 18.9. The average Bonchev–Trinajstić information content (AvgIpc) is 3.37. The highest BCUT2D eigenvalue weighted by Gasteiger charge is 2.21. The molecule has 2 N–H and O–H groups in total. The number of amides is 1. The molecular formula is C29H32N6O3S. The Morgan fingerprint density at radius 3 is 2.46 bits per heavy atom. The third kappa shape index (κ3) is 6.97. The molecule has 0 saturated heterocycles. The Bertz CT molecular complexity index is 1440. The number of nitrogens with zero attached hydrogens (tertiary/aromatic N) is 4. The number of hydrogen-bond acceptors (Lipinski definition) is 8. The van der Waals surface area contributed by atoms with Crippen LogP contribution in [0.25, 0.3) is 5.69 Å². The highest BCUT2D eigenvalue weighted by molar-refractivity contribution is 8.00. The van der Waals surface area contributed by atoms with E-state index in [4.69, 9.17) is 9.47 Å². The number of carbonyl (C=O) groups is 1. The maximum Gasteiger partial charge on any atom is 0.253 e. The summed E-state index contributed by atoms with van der Waals surface area (Å²) in [6, 6.07) is 23.5. The monoisotopic (exact) mass is 544 g/mol. The van der Waals surface area contributed by atoms with Crippen LogP contribution in [0.4, 0.5) is 5.69 Å². The van der Waals surface area contributed by atoms with E-state index >= 15 is 0 Å². The minimum atomic E-state index is -0.483. The molecule has 0 aliphatic rings. The van der Waals surface area contributed by atoms with Crippen LogP contribution in [-0.2, 0) is 11.3 Å². The number of anilines is 1. The van der Waals surface area contributed by atoms with Gasteiger partial charge in [0.05, 0.1) is 31.7 Å². The van der Waals surface area contributed by atoms with Crippen molar-refractivity contribution in [3.63, 3.8) is 0 Å². The molecule has 0 aliphatic carbocycles. The molecule has 39 heavy (non-hydrogen) atoms. The van der Waals surface area contributed by atoms with Gasteiger partial charge in [0.25, 0.3) is 5.91 Å². The summed E-state index contributed by atoms with van der Waals surface area (Å²) in [6.45, 7) is 6.15. The molecule has 202 valence electrons. The average molecular weight is 545 g/mol. The van der Waals surface area contributed by atoms with Gasteiger partial charge in [-0.1, -0.05) is 47.7 Å². The first-order valence-corrected chi connectivity index (χ1v) is 13.3. The summed E-state index contributed by atoms with van der Waals surface area (Å²) >= 11 is 1.32. The summed E-state index contributed by atoms with van der Waals surface area (Å²) < 4.78 is 12.7. The van der Waals surface area contributed by atoms with Crippen molar-refractivity contribution in [2.45, 2.75) is 37.7 Å². The fourth-order valence-corrected chi connectivity index (χ4v) is 4.66. The minimum absolute atomic E-state index is 0.256.